The van der Waals surface area contributed by atoms with E-state index in [4.69, 9.17) is 4.55 Å². The van der Waals surface area contributed by atoms with Crippen molar-refractivity contribution in [3.8, 4) is 0 Å². The minimum atomic E-state index is -3.75. The van der Waals surface area contributed by atoms with Gasteiger partial charge in [0.05, 0.1) is 5.75 Å². The minimum Gasteiger partial charge on any atom is -0.286 e. The van der Waals surface area contributed by atoms with Gasteiger partial charge in [-0.1, -0.05) is 110 Å². The molecule has 0 aromatic heterocycles. The molecule has 4 heteroatoms. The topological polar surface area (TPSA) is 54.4 Å². The lowest BCUT2D eigenvalue weighted by atomic mass is 9.99. The van der Waals surface area contributed by atoms with Gasteiger partial charge in [0.15, 0.2) is 0 Å². The van der Waals surface area contributed by atoms with Crippen molar-refractivity contribution in [3.05, 3.63) is 0 Å². The molecule has 0 saturated carbocycles. The number of unbranched alkanes of at least 4 members (excludes halogenated alkanes) is 13. The van der Waals surface area contributed by atoms with Crippen LogP contribution in [0.1, 0.15) is 117 Å². The predicted octanol–water partition coefficient (Wildman–Crippen LogP) is 6.77. The van der Waals surface area contributed by atoms with Crippen molar-refractivity contribution in [3.63, 3.8) is 0 Å². The largest absolute Gasteiger partial charge is 0.286 e. The van der Waals surface area contributed by atoms with Crippen LogP contribution in [0, 0.1) is 5.92 Å². The molecule has 0 radical (unpaired) electrons. The molecule has 0 rings (SSSR count). The lowest BCUT2D eigenvalue weighted by Crippen LogP contribution is -2.03. The third-order valence-electron chi connectivity index (χ3n) is 5.05. The molecule has 1 unspecified atom stereocenters. The van der Waals surface area contributed by atoms with E-state index in [1.165, 1.54) is 83.5 Å². The van der Waals surface area contributed by atoms with Crippen LogP contribution in [0.3, 0.4) is 0 Å². The van der Waals surface area contributed by atoms with E-state index in [9.17, 15) is 8.42 Å². The van der Waals surface area contributed by atoms with Crippen LogP contribution < -0.4 is 0 Å². The van der Waals surface area contributed by atoms with Gasteiger partial charge < -0.3 is 0 Å². The second-order valence-electron chi connectivity index (χ2n) is 7.54. The Labute approximate surface area is 151 Å². The van der Waals surface area contributed by atoms with Crippen molar-refractivity contribution in [1.82, 2.24) is 0 Å². The second kappa shape index (κ2) is 16.4. The highest BCUT2D eigenvalue weighted by molar-refractivity contribution is 7.85. The zero-order valence-corrected chi connectivity index (χ0v) is 17.1. The highest BCUT2D eigenvalue weighted by Crippen LogP contribution is 2.15. The molecule has 1 atom stereocenters. The SMILES string of the molecule is CCC(C)CCCCCCCCCCCCCCCCS(=O)(=O)O. The summed E-state index contributed by atoms with van der Waals surface area (Å²) in [6, 6.07) is 0. The molecule has 0 amide bonds. The van der Waals surface area contributed by atoms with Gasteiger partial charge in [0.2, 0.25) is 0 Å². The van der Waals surface area contributed by atoms with Crippen LogP contribution in [0.5, 0.6) is 0 Å². The van der Waals surface area contributed by atoms with E-state index in [2.05, 4.69) is 13.8 Å². The Bertz CT molecular complexity index is 352. The number of hydrogen-bond acceptors (Lipinski definition) is 2. The first-order valence-electron chi connectivity index (χ1n) is 10.4. The Balaban J connectivity index is 3.08. The molecule has 1 N–H and O–H groups in total. The standard InChI is InChI=1S/C20H42O3S/c1-3-20(2)18-16-14-12-10-8-6-4-5-7-9-11-13-15-17-19-24(21,22)23/h20H,3-19H2,1-2H3,(H,21,22,23). The lowest BCUT2D eigenvalue weighted by Gasteiger charge is -2.07. The van der Waals surface area contributed by atoms with Gasteiger partial charge in [0, 0.05) is 0 Å². The summed E-state index contributed by atoms with van der Waals surface area (Å²) in [5, 5.41) is 0. The monoisotopic (exact) mass is 362 g/mol. The fourth-order valence-corrected chi connectivity index (χ4v) is 3.67. The van der Waals surface area contributed by atoms with E-state index < -0.39 is 10.1 Å². The van der Waals surface area contributed by atoms with Crippen molar-refractivity contribution in [1.29, 1.82) is 0 Å². The zero-order valence-electron chi connectivity index (χ0n) is 16.3. The van der Waals surface area contributed by atoms with Crippen molar-refractivity contribution >= 4 is 10.1 Å². The molecule has 0 aliphatic heterocycles. The van der Waals surface area contributed by atoms with E-state index in [1.54, 1.807) is 0 Å². The molecular weight excluding hydrogens is 320 g/mol. The molecular formula is C20H42O3S. The third kappa shape index (κ3) is 20.0. The summed E-state index contributed by atoms with van der Waals surface area (Å²) in [7, 11) is -3.75. The van der Waals surface area contributed by atoms with Crippen LogP contribution in [-0.4, -0.2) is 18.7 Å². The molecule has 0 aromatic carbocycles. The Morgan fingerprint density at radius 1 is 0.667 bits per heavy atom. The van der Waals surface area contributed by atoms with Gasteiger partial charge >= 0.3 is 0 Å². The average molecular weight is 363 g/mol. The van der Waals surface area contributed by atoms with E-state index in [0.29, 0.717) is 6.42 Å². The first-order valence-corrected chi connectivity index (χ1v) is 12.0. The predicted molar refractivity (Wildman–Crippen MR) is 105 cm³/mol. The third-order valence-corrected chi connectivity index (χ3v) is 5.85. The average Bonchev–Trinajstić information content (AvgIpc) is 2.53. The summed E-state index contributed by atoms with van der Waals surface area (Å²) in [5.74, 6) is 0.831. The van der Waals surface area contributed by atoms with Crippen LogP contribution in [-0.2, 0) is 10.1 Å². The Morgan fingerprint density at radius 3 is 1.33 bits per heavy atom. The van der Waals surface area contributed by atoms with E-state index in [-0.39, 0.29) is 5.75 Å². The van der Waals surface area contributed by atoms with Gasteiger partial charge in [-0.3, -0.25) is 4.55 Å². The van der Waals surface area contributed by atoms with E-state index >= 15 is 0 Å². The maximum absolute atomic E-state index is 10.6. The molecule has 3 nitrogen and oxygen atoms in total. The minimum absolute atomic E-state index is 0.0787. The van der Waals surface area contributed by atoms with E-state index in [0.717, 1.165) is 18.8 Å². The van der Waals surface area contributed by atoms with Crippen LogP contribution >= 0.6 is 0 Å². The summed E-state index contributed by atoms with van der Waals surface area (Å²) < 4.78 is 29.7. The van der Waals surface area contributed by atoms with E-state index in [1.807, 2.05) is 0 Å². The van der Waals surface area contributed by atoms with Gasteiger partial charge in [0.25, 0.3) is 10.1 Å². The highest BCUT2D eigenvalue weighted by Gasteiger charge is 2.02. The van der Waals surface area contributed by atoms with Gasteiger partial charge in [-0.15, -0.1) is 0 Å². The summed E-state index contributed by atoms with van der Waals surface area (Å²) in [6.07, 6.45) is 20.3. The summed E-state index contributed by atoms with van der Waals surface area (Å²) in [5.41, 5.74) is 0. The van der Waals surface area contributed by atoms with Crippen molar-refractivity contribution in [2.24, 2.45) is 5.92 Å². The molecule has 0 heterocycles. The molecule has 0 aromatic rings. The molecule has 146 valence electrons. The molecule has 0 bridgehead atoms. The molecule has 0 saturated heterocycles. The van der Waals surface area contributed by atoms with Crippen LogP contribution in [0.4, 0.5) is 0 Å². The van der Waals surface area contributed by atoms with Crippen LogP contribution in [0.25, 0.3) is 0 Å². The highest BCUT2D eigenvalue weighted by atomic mass is 32.2. The Hall–Kier alpha value is -0.0900. The summed E-state index contributed by atoms with van der Waals surface area (Å²) >= 11 is 0. The van der Waals surface area contributed by atoms with Gasteiger partial charge in [-0.2, -0.15) is 8.42 Å². The lowest BCUT2D eigenvalue weighted by molar-refractivity contribution is 0.468. The smallest absolute Gasteiger partial charge is 0.264 e. The van der Waals surface area contributed by atoms with Crippen molar-refractivity contribution in [2.75, 3.05) is 5.75 Å². The van der Waals surface area contributed by atoms with Gasteiger partial charge in [0.1, 0.15) is 0 Å². The van der Waals surface area contributed by atoms with Crippen molar-refractivity contribution in [2.45, 2.75) is 117 Å². The maximum atomic E-state index is 10.6. The second-order valence-corrected chi connectivity index (χ2v) is 9.11. The fourth-order valence-electron chi connectivity index (χ4n) is 3.10. The Morgan fingerprint density at radius 2 is 1.00 bits per heavy atom. The normalized spacial score (nSPS) is 13.3. The molecule has 24 heavy (non-hydrogen) atoms. The summed E-state index contributed by atoms with van der Waals surface area (Å²) in [4.78, 5) is 0. The van der Waals surface area contributed by atoms with Crippen LogP contribution in [0.15, 0.2) is 0 Å². The van der Waals surface area contributed by atoms with Gasteiger partial charge in [-0.25, -0.2) is 0 Å². The first-order chi connectivity index (χ1) is 11.5. The van der Waals surface area contributed by atoms with Gasteiger partial charge in [-0.05, 0) is 12.3 Å². The maximum Gasteiger partial charge on any atom is 0.264 e. The summed E-state index contributed by atoms with van der Waals surface area (Å²) in [6.45, 7) is 4.65. The van der Waals surface area contributed by atoms with Crippen LogP contribution in [0.2, 0.25) is 0 Å². The molecule has 0 aliphatic carbocycles. The first kappa shape index (κ1) is 23.9. The number of rotatable bonds is 18. The molecule has 0 aliphatic rings. The quantitative estimate of drug-likeness (QED) is 0.216. The fraction of sp³-hybridized carbons (Fsp3) is 1.00. The molecule has 0 fully saturated rings. The molecule has 0 spiro atoms. The van der Waals surface area contributed by atoms with Crippen molar-refractivity contribution < 1.29 is 13.0 Å². The Kier molecular flexibility index (Phi) is 16.3. The zero-order chi connectivity index (χ0) is 18.1. The number of hydrogen-bond donors (Lipinski definition) is 1.